The molecule has 194 valence electrons. The van der Waals surface area contributed by atoms with Crippen LogP contribution in [0.3, 0.4) is 0 Å². The summed E-state index contributed by atoms with van der Waals surface area (Å²) in [5.41, 5.74) is 1.53. The van der Waals surface area contributed by atoms with Gasteiger partial charge in [0.25, 0.3) is 0 Å². The summed E-state index contributed by atoms with van der Waals surface area (Å²) < 4.78 is 34.0. The molecule has 3 aromatic rings. The number of aromatic nitrogens is 5. The second kappa shape index (κ2) is 10.5. The summed E-state index contributed by atoms with van der Waals surface area (Å²) in [4.78, 5) is 9.27. The van der Waals surface area contributed by atoms with Gasteiger partial charge in [-0.1, -0.05) is 30.0 Å². The number of thioether (sulfide) groups is 1. The number of nitrogens with zero attached hydrogens (tertiary/aromatic N) is 5. The van der Waals surface area contributed by atoms with Crippen LogP contribution in [-0.4, -0.2) is 83.6 Å². The number of anilines is 1. The number of ether oxygens (including phenoxy) is 1. The highest BCUT2D eigenvalue weighted by molar-refractivity contribution is 7.99. The molecule has 2 aliphatic carbocycles. The van der Waals surface area contributed by atoms with Crippen LogP contribution in [0.5, 0.6) is 0 Å². The standard InChI is InChI=1S/C23H28F2N6O4S/c1-2-7-36-23-27-21(26-15-9-12(15)11-3-4-13(24)14(25)8-11)18-22(28-23)31(30-29-18)16-10-17(35-6-5-32)20(34)19(16)33/h3-4,8,12,15-17,19-20,32-34H,2,5-7,9-10H2,1H3,(H,26,27,28)/t12-,15-,16-,17+,19+,20-/m0/s1. The average molecular weight is 523 g/mol. The third-order valence-corrected chi connectivity index (χ3v) is 7.61. The third-order valence-electron chi connectivity index (χ3n) is 6.56. The SMILES string of the molecule is CCCSc1nc(N[C@H]2C[C@H]2c2ccc(F)c(F)c2)c2nnn([C@H]3C[C@@H](OCCO)[C@H](O)[C@@H]3O)c2n1. The fourth-order valence-electron chi connectivity index (χ4n) is 4.61. The number of aliphatic hydroxyl groups is 3. The lowest BCUT2D eigenvalue weighted by Crippen LogP contribution is -2.33. The van der Waals surface area contributed by atoms with Gasteiger partial charge in [-0.2, -0.15) is 0 Å². The molecule has 0 aliphatic heterocycles. The summed E-state index contributed by atoms with van der Waals surface area (Å²) in [6.45, 7) is 1.91. The second-order valence-corrected chi connectivity index (χ2v) is 10.2. The number of hydrogen-bond acceptors (Lipinski definition) is 10. The Labute approximate surface area is 210 Å². The Morgan fingerprint density at radius 1 is 1.17 bits per heavy atom. The summed E-state index contributed by atoms with van der Waals surface area (Å²) in [6.07, 6.45) is -1.04. The van der Waals surface area contributed by atoms with Crippen LogP contribution in [0.25, 0.3) is 11.2 Å². The minimum absolute atomic E-state index is 0.00291. The molecule has 6 atom stereocenters. The normalized spacial score (nSPS) is 27.6. The van der Waals surface area contributed by atoms with Gasteiger partial charge in [-0.15, -0.1) is 5.10 Å². The summed E-state index contributed by atoms with van der Waals surface area (Å²) in [6, 6.07) is 3.26. The lowest BCUT2D eigenvalue weighted by atomic mass is 10.1. The Morgan fingerprint density at radius 2 is 2.00 bits per heavy atom. The van der Waals surface area contributed by atoms with Crippen molar-refractivity contribution >= 4 is 28.7 Å². The highest BCUT2D eigenvalue weighted by Gasteiger charge is 2.45. The lowest BCUT2D eigenvalue weighted by Gasteiger charge is -2.17. The van der Waals surface area contributed by atoms with Crippen molar-refractivity contribution < 1.29 is 28.8 Å². The Morgan fingerprint density at radius 3 is 2.75 bits per heavy atom. The molecule has 13 heteroatoms. The van der Waals surface area contributed by atoms with Gasteiger partial charge in [0, 0.05) is 24.1 Å². The molecule has 2 fully saturated rings. The number of hydrogen-bond donors (Lipinski definition) is 4. The van der Waals surface area contributed by atoms with Crippen LogP contribution in [0.1, 0.15) is 43.7 Å². The van der Waals surface area contributed by atoms with E-state index in [1.165, 1.54) is 22.5 Å². The van der Waals surface area contributed by atoms with Gasteiger partial charge in [-0.25, -0.2) is 23.4 Å². The summed E-state index contributed by atoms with van der Waals surface area (Å²) in [7, 11) is 0. The average Bonchev–Trinajstić information content (AvgIpc) is 3.41. The molecule has 0 unspecified atom stereocenters. The maximum absolute atomic E-state index is 13.7. The smallest absolute Gasteiger partial charge is 0.191 e. The molecule has 2 saturated carbocycles. The van der Waals surface area contributed by atoms with Crippen LogP contribution < -0.4 is 5.32 Å². The lowest BCUT2D eigenvalue weighted by molar-refractivity contribution is -0.0629. The largest absolute Gasteiger partial charge is 0.394 e. The zero-order chi connectivity index (χ0) is 25.4. The zero-order valence-electron chi connectivity index (χ0n) is 19.6. The monoisotopic (exact) mass is 522 g/mol. The second-order valence-electron chi connectivity index (χ2n) is 9.09. The van der Waals surface area contributed by atoms with E-state index in [9.17, 15) is 19.0 Å². The first-order chi connectivity index (χ1) is 17.4. The van der Waals surface area contributed by atoms with Crippen LogP contribution in [0, 0.1) is 11.6 Å². The molecule has 0 spiro atoms. The van der Waals surface area contributed by atoms with E-state index < -0.39 is 36.0 Å². The Kier molecular flexibility index (Phi) is 7.35. The van der Waals surface area contributed by atoms with Crippen molar-refractivity contribution in [3.8, 4) is 0 Å². The molecule has 0 radical (unpaired) electrons. The van der Waals surface area contributed by atoms with Crippen LogP contribution in [0.15, 0.2) is 23.4 Å². The molecule has 36 heavy (non-hydrogen) atoms. The van der Waals surface area contributed by atoms with Gasteiger partial charge in [0.1, 0.15) is 12.2 Å². The van der Waals surface area contributed by atoms with Crippen molar-refractivity contribution in [2.45, 2.75) is 67.7 Å². The van der Waals surface area contributed by atoms with Gasteiger partial charge in [-0.3, -0.25) is 0 Å². The van der Waals surface area contributed by atoms with Crippen molar-refractivity contribution in [3.63, 3.8) is 0 Å². The molecule has 0 saturated heterocycles. The molecule has 10 nitrogen and oxygen atoms in total. The first kappa shape index (κ1) is 25.2. The van der Waals surface area contributed by atoms with Gasteiger partial charge in [0.15, 0.2) is 33.8 Å². The number of halogens is 2. The van der Waals surface area contributed by atoms with Gasteiger partial charge >= 0.3 is 0 Å². The summed E-state index contributed by atoms with van der Waals surface area (Å²) >= 11 is 1.48. The number of nitrogens with one attached hydrogen (secondary N) is 1. The highest BCUT2D eigenvalue weighted by Crippen LogP contribution is 2.44. The fraction of sp³-hybridized carbons (Fsp3) is 0.565. The Hall–Kier alpha value is -2.45. The Bertz CT molecular complexity index is 1230. The van der Waals surface area contributed by atoms with Crippen molar-refractivity contribution in [1.82, 2.24) is 25.0 Å². The molecule has 2 aliphatic rings. The number of aliphatic hydroxyl groups excluding tert-OH is 3. The van der Waals surface area contributed by atoms with Crippen molar-refractivity contribution in [1.29, 1.82) is 0 Å². The molecule has 1 aromatic carbocycles. The molecule has 5 rings (SSSR count). The van der Waals surface area contributed by atoms with E-state index in [-0.39, 0.29) is 31.6 Å². The first-order valence-corrected chi connectivity index (χ1v) is 13.0. The minimum atomic E-state index is -1.15. The van der Waals surface area contributed by atoms with Crippen molar-refractivity contribution in [2.75, 3.05) is 24.3 Å². The molecule has 4 N–H and O–H groups in total. The predicted molar refractivity (Wildman–Crippen MR) is 128 cm³/mol. The summed E-state index contributed by atoms with van der Waals surface area (Å²) in [5, 5.41) is 42.5. The fourth-order valence-corrected chi connectivity index (χ4v) is 5.31. The molecular formula is C23H28F2N6O4S. The predicted octanol–water partition coefficient (Wildman–Crippen LogP) is 2.01. The van der Waals surface area contributed by atoms with Crippen LogP contribution in [0.4, 0.5) is 14.6 Å². The maximum Gasteiger partial charge on any atom is 0.191 e. The van der Waals surface area contributed by atoms with Gasteiger partial charge < -0.3 is 25.4 Å². The van der Waals surface area contributed by atoms with E-state index in [2.05, 4.69) is 32.5 Å². The zero-order valence-corrected chi connectivity index (χ0v) is 20.4. The number of rotatable bonds is 10. The highest BCUT2D eigenvalue weighted by atomic mass is 32.2. The van der Waals surface area contributed by atoms with E-state index in [0.717, 1.165) is 24.7 Å². The van der Waals surface area contributed by atoms with Gasteiger partial charge in [0.05, 0.1) is 25.4 Å². The van der Waals surface area contributed by atoms with E-state index in [1.807, 2.05) is 0 Å². The molecule has 0 amide bonds. The number of benzene rings is 1. The number of fused-ring (bicyclic) bond motifs is 1. The van der Waals surface area contributed by atoms with Crippen LogP contribution in [-0.2, 0) is 4.74 Å². The molecule has 2 aromatic heterocycles. The van der Waals surface area contributed by atoms with E-state index in [1.54, 1.807) is 6.07 Å². The Balaban J connectivity index is 1.43. The maximum atomic E-state index is 13.7. The van der Waals surface area contributed by atoms with Crippen molar-refractivity contribution in [2.24, 2.45) is 0 Å². The van der Waals surface area contributed by atoms with Crippen LogP contribution >= 0.6 is 11.8 Å². The topological polar surface area (TPSA) is 138 Å². The molecule has 2 heterocycles. The van der Waals surface area contributed by atoms with E-state index >= 15 is 0 Å². The quantitative estimate of drug-likeness (QED) is 0.231. The van der Waals surface area contributed by atoms with Gasteiger partial charge in [0.2, 0.25) is 0 Å². The molecule has 0 bridgehead atoms. The van der Waals surface area contributed by atoms with E-state index in [0.29, 0.717) is 27.7 Å². The van der Waals surface area contributed by atoms with E-state index in [4.69, 9.17) is 9.84 Å². The minimum Gasteiger partial charge on any atom is -0.394 e. The summed E-state index contributed by atoms with van der Waals surface area (Å²) in [5.74, 6) is -0.472. The van der Waals surface area contributed by atoms with Crippen molar-refractivity contribution in [3.05, 3.63) is 35.4 Å². The first-order valence-electron chi connectivity index (χ1n) is 12.0. The van der Waals surface area contributed by atoms with Crippen LogP contribution in [0.2, 0.25) is 0 Å². The van der Waals surface area contributed by atoms with Gasteiger partial charge in [-0.05, 0) is 30.5 Å². The third kappa shape index (κ3) is 4.90. The molecular weight excluding hydrogens is 494 g/mol.